The van der Waals surface area contributed by atoms with Gasteiger partial charge in [0.2, 0.25) is 0 Å². The molecule has 0 unspecified atom stereocenters. The van der Waals surface area contributed by atoms with E-state index in [4.69, 9.17) is 26.8 Å². The summed E-state index contributed by atoms with van der Waals surface area (Å²) in [5, 5.41) is 9.72. The van der Waals surface area contributed by atoms with Crippen molar-refractivity contribution in [3.8, 4) is 5.75 Å². The lowest BCUT2D eigenvalue weighted by molar-refractivity contribution is 0.0329. The SMILES string of the molecule is COc1ccc(COC[C@@H](O)CN)cc1Cl. The maximum atomic E-state index is 9.18. The van der Waals surface area contributed by atoms with Crippen LogP contribution in [-0.4, -0.2) is 31.5 Å². The summed E-state index contributed by atoms with van der Waals surface area (Å²) in [6.07, 6.45) is -0.617. The lowest BCUT2D eigenvalue weighted by atomic mass is 10.2. The number of ether oxygens (including phenoxy) is 2. The van der Waals surface area contributed by atoms with Crippen LogP contribution in [0.5, 0.6) is 5.75 Å². The standard InChI is InChI=1S/C11H16ClNO3/c1-15-11-3-2-8(4-10(11)12)6-16-7-9(14)5-13/h2-4,9,14H,5-7,13H2,1H3/t9-/m0/s1. The molecule has 90 valence electrons. The first-order valence-corrected chi connectivity index (χ1v) is 5.33. The third-order valence-electron chi connectivity index (χ3n) is 2.07. The van der Waals surface area contributed by atoms with E-state index >= 15 is 0 Å². The van der Waals surface area contributed by atoms with Gasteiger partial charge in [0.15, 0.2) is 0 Å². The van der Waals surface area contributed by atoms with Crippen LogP contribution in [0.2, 0.25) is 5.02 Å². The monoisotopic (exact) mass is 245 g/mol. The zero-order chi connectivity index (χ0) is 12.0. The summed E-state index contributed by atoms with van der Waals surface area (Å²) in [5.74, 6) is 0.632. The van der Waals surface area contributed by atoms with Gasteiger partial charge in [-0.25, -0.2) is 0 Å². The number of aliphatic hydroxyl groups is 1. The number of benzene rings is 1. The molecule has 0 bridgehead atoms. The van der Waals surface area contributed by atoms with Crippen molar-refractivity contribution in [2.24, 2.45) is 5.73 Å². The second-order valence-corrected chi connectivity index (χ2v) is 3.78. The minimum absolute atomic E-state index is 0.198. The van der Waals surface area contributed by atoms with Crippen LogP contribution in [0, 0.1) is 0 Å². The Morgan fingerprint density at radius 2 is 2.25 bits per heavy atom. The molecule has 0 aliphatic rings. The minimum Gasteiger partial charge on any atom is -0.495 e. The Balaban J connectivity index is 2.46. The highest BCUT2D eigenvalue weighted by atomic mass is 35.5. The van der Waals surface area contributed by atoms with E-state index in [1.54, 1.807) is 19.2 Å². The number of nitrogens with two attached hydrogens (primary N) is 1. The van der Waals surface area contributed by atoms with Gasteiger partial charge in [-0.15, -0.1) is 0 Å². The van der Waals surface area contributed by atoms with Crippen LogP contribution in [0.4, 0.5) is 0 Å². The van der Waals surface area contributed by atoms with Crippen molar-refractivity contribution >= 4 is 11.6 Å². The Morgan fingerprint density at radius 3 is 2.81 bits per heavy atom. The smallest absolute Gasteiger partial charge is 0.137 e. The van der Waals surface area contributed by atoms with Crippen molar-refractivity contribution in [2.75, 3.05) is 20.3 Å². The van der Waals surface area contributed by atoms with Crippen LogP contribution in [-0.2, 0) is 11.3 Å². The summed E-state index contributed by atoms with van der Waals surface area (Å²) in [5.41, 5.74) is 6.17. The summed E-state index contributed by atoms with van der Waals surface area (Å²) in [6, 6.07) is 5.41. The van der Waals surface area contributed by atoms with E-state index in [0.29, 0.717) is 17.4 Å². The number of hydrogen-bond acceptors (Lipinski definition) is 4. The van der Waals surface area contributed by atoms with Gasteiger partial charge in [0.25, 0.3) is 0 Å². The number of hydrogen-bond donors (Lipinski definition) is 2. The predicted molar refractivity (Wildman–Crippen MR) is 62.7 cm³/mol. The predicted octanol–water partition coefficient (Wildman–Crippen LogP) is 1.18. The van der Waals surface area contributed by atoms with Gasteiger partial charge in [-0.2, -0.15) is 0 Å². The maximum absolute atomic E-state index is 9.18. The average Bonchev–Trinajstić information content (AvgIpc) is 2.29. The molecule has 0 aliphatic heterocycles. The van der Waals surface area contributed by atoms with Crippen LogP contribution in [0.15, 0.2) is 18.2 Å². The van der Waals surface area contributed by atoms with Gasteiger partial charge in [0, 0.05) is 6.54 Å². The fourth-order valence-electron chi connectivity index (χ4n) is 1.18. The second-order valence-electron chi connectivity index (χ2n) is 3.37. The third-order valence-corrected chi connectivity index (χ3v) is 2.36. The number of methoxy groups -OCH3 is 1. The van der Waals surface area contributed by atoms with Crippen LogP contribution in [0.1, 0.15) is 5.56 Å². The van der Waals surface area contributed by atoms with Gasteiger partial charge in [-0.3, -0.25) is 0 Å². The van der Waals surface area contributed by atoms with Gasteiger partial charge >= 0.3 is 0 Å². The van der Waals surface area contributed by atoms with Crippen molar-refractivity contribution in [2.45, 2.75) is 12.7 Å². The first-order valence-electron chi connectivity index (χ1n) is 4.95. The molecule has 16 heavy (non-hydrogen) atoms. The number of halogens is 1. The first-order chi connectivity index (χ1) is 7.67. The Morgan fingerprint density at radius 1 is 1.50 bits per heavy atom. The van der Waals surface area contributed by atoms with Crippen molar-refractivity contribution in [1.82, 2.24) is 0 Å². The largest absolute Gasteiger partial charge is 0.495 e. The van der Waals surface area contributed by atoms with Crippen LogP contribution < -0.4 is 10.5 Å². The summed E-state index contributed by atoms with van der Waals surface area (Å²) < 4.78 is 10.3. The van der Waals surface area contributed by atoms with Gasteiger partial charge < -0.3 is 20.3 Å². The van der Waals surface area contributed by atoms with E-state index < -0.39 is 6.10 Å². The summed E-state index contributed by atoms with van der Waals surface area (Å²) in [7, 11) is 1.56. The van der Waals surface area contributed by atoms with Crippen molar-refractivity contribution < 1.29 is 14.6 Å². The van der Waals surface area contributed by atoms with Crippen molar-refractivity contribution in [3.05, 3.63) is 28.8 Å². The van der Waals surface area contributed by atoms with Crippen LogP contribution in [0.3, 0.4) is 0 Å². The molecule has 4 nitrogen and oxygen atoms in total. The molecule has 1 aromatic rings. The van der Waals surface area contributed by atoms with Crippen LogP contribution in [0.25, 0.3) is 0 Å². The molecule has 5 heteroatoms. The zero-order valence-corrected chi connectivity index (χ0v) is 9.91. The second kappa shape index (κ2) is 6.70. The third kappa shape index (κ3) is 3.98. The Kier molecular flexibility index (Phi) is 5.55. The van der Waals surface area contributed by atoms with Crippen molar-refractivity contribution in [1.29, 1.82) is 0 Å². The zero-order valence-electron chi connectivity index (χ0n) is 9.15. The topological polar surface area (TPSA) is 64.7 Å². The lowest BCUT2D eigenvalue weighted by Gasteiger charge is -2.09. The summed E-state index contributed by atoms with van der Waals surface area (Å²) >= 11 is 5.95. The number of aliphatic hydroxyl groups excluding tert-OH is 1. The molecule has 0 radical (unpaired) electrons. The molecule has 1 aromatic carbocycles. The van der Waals surface area contributed by atoms with E-state index in [-0.39, 0.29) is 13.2 Å². The molecular formula is C11H16ClNO3. The maximum Gasteiger partial charge on any atom is 0.137 e. The molecule has 0 saturated heterocycles. The molecule has 0 heterocycles. The van der Waals surface area contributed by atoms with Crippen molar-refractivity contribution in [3.63, 3.8) is 0 Å². The van der Waals surface area contributed by atoms with E-state index in [9.17, 15) is 5.11 Å². The molecule has 0 aromatic heterocycles. The highest BCUT2D eigenvalue weighted by molar-refractivity contribution is 6.32. The molecule has 0 aliphatic carbocycles. The van der Waals surface area contributed by atoms with Gasteiger partial charge in [-0.1, -0.05) is 17.7 Å². The molecule has 1 atom stereocenters. The highest BCUT2D eigenvalue weighted by Gasteiger charge is 2.04. The van der Waals surface area contributed by atoms with Crippen LogP contribution >= 0.6 is 11.6 Å². The fourth-order valence-corrected chi connectivity index (χ4v) is 1.46. The number of rotatable bonds is 6. The Bertz CT molecular complexity index is 333. The normalized spacial score (nSPS) is 12.5. The lowest BCUT2D eigenvalue weighted by Crippen LogP contribution is -2.24. The molecule has 0 amide bonds. The fraction of sp³-hybridized carbons (Fsp3) is 0.455. The molecule has 3 N–H and O–H groups in total. The molecular weight excluding hydrogens is 230 g/mol. The molecule has 0 fully saturated rings. The highest BCUT2D eigenvalue weighted by Crippen LogP contribution is 2.25. The Hall–Kier alpha value is -0.810. The molecule has 0 spiro atoms. The van der Waals surface area contributed by atoms with Gasteiger partial charge in [0.1, 0.15) is 5.75 Å². The molecule has 0 saturated carbocycles. The molecule has 1 rings (SSSR count). The Labute approximate surface area is 99.9 Å². The van der Waals surface area contributed by atoms with Gasteiger partial charge in [0.05, 0.1) is 31.5 Å². The first kappa shape index (κ1) is 13.3. The van der Waals surface area contributed by atoms with E-state index in [1.807, 2.05) is 6.07 Å². The minimum atomic E-state index is -0.617. The van der Waals surface area contributed by atoms with E-state index in [1.165, 1.54) is 0 Å². The van der Waals surface area contributed by atoms with Gasteiger partial charge in [-0.05, 0) is 17.7 Å². The summed E-state index contributed by atoms with van der Waals surface area (Å²) in [6.45, 7) is 0.810. The quantitative estimate of drug-likeness (QED) is 0.790. The van der Waals surface area contributed by atoms with E-state index in [0.717, 1.165) is 5.56 Å². The summed E-state index contributed by atoms with van der Waals surface area (Å²) in [4.78, 5) is 0. The average molecular weight is 246 g/mol. The van der Waals surface area contributed by atoms with E-state index in [2.05, 4.69) is 0 Å².